The van der Waals surface area contributed by atoms with E-state index in [-0.39, 0.29) is 6.42 Å². The van der Waals surface area contributed by atoms with Crippen LogP contribution in [0.15, 0.2) is 48.5 Å². The van der Waals surface area contributed by atoms with E-state index in [0.717, 1.165) is 24.0 Å². The molecule has 0 aliphatic rings. The van der Waals surface area contributed by atoms with Gasteiger partial charge in [0.05, 0.1) is 6.04 Å². The molecule has 0 bridgehead atoms. The molecule has 6 heteroatoms. The highest BCUT2D eigenvalue weighted by atomic mass is 16.4. The molecule has 0 spiro atoms. The van der Waals surface area contributed by atoms with Crippen molar-refractivity contribution in [3.05, 3.63) is 59.7 Å². The van der Waals surface area contributed by atoms with Crippen LogP contribution in [0, 0.1) is 0 Å². The molecule has 2 unspecified atom stereocenters. The van der Waals surface area contributed by atoms with Crippen molar-refractivity contribution in [3.8, 4) is 11.1 Å². The van der Waals surface area contributed by atoms with Crippen LogP contribution in [-0.4, -0.2) is 34.3 Å². The van der Waals surface area contributed by atoms with Gasteiger partial charge in [0.25, 0.3) is 5.91 Å². The predicted molar refractivity (Wildman–Crippen MR) is 122 cm³/mol. The highest BCUT2D eigenvalue weighted by Crippen LogP contribution is 2.21. The van der Waals surface area contributed by atoms with Gasteiger partial charge in [-0.3, -0.25) is 9.59 Å². The number of carbonyl (C=O) groups excluding carboxylic acids is 2. The number of carbonyl (C=O) groups is 3. The number of carboxylic acids is 1. The summed E-state index contributed by atoms with van der Waals surface area (Å²) in [5.74, 6) is -2.53. The Morgan fingerprint density at radius 1 is 0.968 bits per heavy atom. The van der Waals surface area contributed by atoms with Gasteiger partial charge in [-0.1, -0.05) is 69.5 Å². The Labute approximate surface area is 183 Å². The summed E-state index contributed by atoms with van der Waals surface area (Å²) in [7, 11) is 0. The third-order valence-electron chi connectivity index (χ3n) is 5.46. The summed E-state index contributed by atoms with van der Waals surface area (Å²) in [6.07, 6.45) is 3.40. The minimum absolute atomic E-state index is 0.0314. The van der Waals surface area contributed by atoms with Crippen molar-refractivity contribution in [1.29, 1.82) is 0 Å². The zero-order chi connectivity index (χ0) is 23.0. The van der Waals surface area contributed by atoms with Crippen LogP contribution >= 0.6 is 0 Å². The summed E-state index contributed by atoms with van der Waals surface area (Å²) in [5.41, 5.74) is 7.61. The van der Waals surface area contributed by atoms with E-state index in [0.29, 0.717) is 18.4 Å². The van der Waals surface area contributed by atoms with Crippen LogP contribution in [0.1, 0.15) is 62.4 Å². The fraction of sp³-hybridized carbons (Fsp3) is 0.400. The topological polar surface area (TPSA) is 109 Å². The third kappa shape index (κ3) is 6.01. The molecule has 1 amide bonds. The first kappa shape index (κ1) is 24.3. The molecule has 0 fully saturated rings. The summed E-state index contributed by atoms with van der Waals surface area (Å²) < 4.78 is 0. The molecule has 31 heavy (non-hydrogen) atoms. The van der Waals surface area contributed by atoms with Gasteiger partial charge in [-0.05, 0) is 48.6 Å². The summed E-state index contributed by atoms with van der Waals surface area (Å²) in [6.45, 7) is 5.50. The van der Waals surface area contributed by atoms with Crippen molar-refractivity contribution in [2.24, 2.45) is 5.73 Å². The highest BCUT2D eigenvalue weighted by Gasteiger charge is 2.43. The molecule has 0 saturated carbocycles. The standard InChI is InChI=1S/C25H32N2O4/c1-4-6-16-25(26,24(30)31)22(28)17(3)27-23(29)21-14-12-20(13-15-21)19-10-8-18(7-5-2)9-11-19/h8-15,17H,4-7,16,26H2,1-3H3,(H,27,29)(H,30,31). The number of ketones is 1. The van der Waals surface area contributed by atoms with Gasteiger partial charge < -0.3 is 16.2 Å². The highest BCUT2D eigenvalue weighted by molar-refractivity contribution is 6.11. The van der Waals surface area contributed by atoms with E-state index < -0.39 is 29.2 Å². The van der Waals surface area contributed by atoms with Crippen LogP contribution in [0.2, 0.25) is 0 Å². The van der Waals surface area contributed by atoms with Crippen molar-refractivity contribution in [2.75, 3.05) is 0 Å². The van der Waals surface area contributed by atoms with Gasteiger partial charge in [0.2, 0.25) is 0 Å². The number of amides is 1. The maximum Gasteiger partial charge on any atom is 0.331 e. The van der Waals surface area contributed by atoms with Crippen LogP contribution in [0.5, 0.6) is 0 Å². The fourth-order valence-electron chi connectivity index (χ4n) is 3.49. The number of benzene rings is 2. The number of Topliss-reactive ketones (excluding diaryl/α,β-unsaturated/α-hetero) is 1. The average Bonchev–Trinajstić information content (AvgIpc) is 2.77. The van der Waals surface area contributed by atoms with Crippen LogP contribution in [0.3, 0.4) is 0 Å². The second kappa shape index (κ2) is 10.9. The molecule has 166 valence electrons. The molecule has 2 atom stereocenters. The number of rotatable bonds is 11. The van der Waals surface area contributed by atoms with Crippen LogP contribution in [0.25, 0.3) is 11.1 Å². The quantitative estimate of drug-likeness (QED) is 0.473. The Morgan fingerprint density at radius 3 is 2.00 bits per heavy atom. The zero-order valence-corrected chi connectivity index (χ0v) is 18.5. The Morgan fingerprint density at radius 2 is 1.52 bits per heavy atom. The van der Waals surface area contributed by atoms with E-state index in [1.807, 2.05) is 19.1 Å². The molecule has 0 aliphatic heterocycles. The number of hydrogen-bond acceptors (Lipinski definition) is 4. The Kier molecular flexibility index (Phi) is 8.51. The number of hydrogen-bond donors (Lipinski definition) is 3. The van der Waals surface area contributed by atoms with Crippen LogP contribution < -0.4 is 11.1 Å². The van der Waals surface area contributed by atoms with Crippen LogP contribution in [-0.2, 0) is 16.0 Å². The first-order chi connectivity index (χ1) is 14.7. The second-order valence-corrected chi connectivity index (χ2v) is 7.96. The lowest BCUT2D eigenvalue weighted by atomic mass is 9.86. The maximum atomic E-state index is 12.7. The molecule has 2 aromatic rings. The van der Waals surface area contributed by atoms with Gasteiger partial charge in [-0.2, -0.15) is 0 Å². The monoisotopic (exact) mass is 424 g/mol. The van der Waals surface area contributed by atoms with Gasteiger partial charge in [0.1, 0.15) is 0 Å². The third-order valence-corrected chi connectivity index (χ3v) is 5.46. The summed E-state index contributed by atoms with van der Waals surface area (Å²) in [5, 5.41) is 12.0. The van der Waals surface area contributed by atoms with Crippen LogP contribution in [0.4, 0.5) is 0 Å². The maximum absolute atomic E-state index is 12.7. The SMILES string of the molecule is CCCCC(N)(C(=O)O)C(=O)C(C)NC(=O)c1ccc(-c2ccc(CCC)cc2)cc1. The van der Waals surface area contributed by atoms with Crippen molar-refractivity contribution in [1.82, 2.24) is 5.32 Å². The number of aryl methyl sites for hydroxylation is 1. The average molecular weight is 425 g/mol. The number of carboxylic acid groups (broad SMARTS) is 1. The molecule has 4 N–H and O–H groups in total. The summed E-state index contributed by atoms with van der Waals surface area (Å²) >= 11 is 0. The summed E-state index contributed by atoms with van der Waals surface area (Å²) in [4.78, 5) is 36.9. The smallest absolute Gasteiger partial charge is 0.331 e. The van der Waals surface area contributed by atoms with Crippen molar-refractivity contribution < 1.29 is 19.5 Å². The molecule has 0 saturated heterocycles. The minimum Gasteiger partial charge on any atom is -0.480 e. The first-order valence-corrected chi connectivity index (χ1v) is 10.8. The number of aliphatic carboxylic acids is 1. The van der Waals surface area contributed by atoms with Gasteiger partial charge in [-0.15, -0.1) is 0 Å². The minimum atomic E-state index is -2.00. The first-order valence-electron chi connectivity index (χ1n) is 10.8. The van der Waals surface area contributed by atoms with E-state index in [2.05, 4.69) is 36.5 Å². The fourth-order valence-corrected chi connectivity index (χ4v) is 3.49. The molecular weight excluding hydrogens is 392 g/mol. The summed E-state index contributed by atoms with van der Waals surface area (Å²) in [6, 6.07) is 14.4. The van der Waals surface area contributed by atoms with E-state index >= 15 is 0 Å². The van der Waals surface area contributed by atoms with Gasteiger partial charge in [0, 0.05) is 5.56 Å². The normalized spacial score (nSPS) is 13.8. The lowest BCUT2D eigenvalue weighted by molar-refractivity contribution is -0.149. The zero-order valence-electron chi connectivity index (χ0n) is 18.5. The molecule has 2 aromatic carbocycles. The molecule has 6 nitrogen and oxygen atoms in total. The van der Waals surface area contributed by atoms with Gasteiger partial charge in [-0.25, -0.2) is 4.79 Å². The van der Waals surface area contributed by atoms with Crippen molar-refractivity contribution >= 4 is 17.7 Å². The predicted octanol–water partition coefficient (Wildman–Crippen LogP) is 3.97. The van der Waals surface area contributed by atoms with E-state index in [1.165, 1.54) is 12.5 Å². The lowest BCUT2D eigenvalue weighted by Gasteiger charge is -2.26. The molecule has 0 radical (unpaired) electrons. The molecular formula is C25H32N2O4. The van der Waals surface area contributed by atoms with Crippen molar-refractivity contribution in [2.45, 2.75) is 64.5 Å². The molecule has 2 rings (SSSR count). The van der Waals surface area contributed by atoms with Crippen molar-refractivity contribution in [3.63, 3.8) is 0 Å². The largest absolute Gasteiger partial charge is 0.480 e. The number of unbranched alkanes of at least 4 members (excludes halogenated alkanes) is 1. The van der Waals surface area contributed by atoms with Gasteiger partial charge in [0.15, 0.2) is 11.3 Å². The Hall–Kier alpha value is -2.99. The van der Waals surface area contributed by atoms with E-state index in [1.54, 1.807) is 12.1 Å². The number of nitrogens with one attached hydrogen (secondary N) is 1. The van der Waals surface area contributed by atoms with E-state index in [4.69, 9.17) is 5.73 Å². The number of nitrogens with two attached hydrogens (primary N) is 1. The lowest BCUT2D eigenvalue weighted by Crippen LogP contribution is -2.60. The molecule has 0 aromatic heterocycles. The molecule has 0 heterocycles. The van der Waals surface area contributed by atoms with Gasteiger partial charge >= 0.3 is 5.97 Å². The molecule has 0 aliphatic carbocycles. The Balaban J connectivity index is 2.07. The second-order valence-electron chi connectivity index (χ2n) is 7.96. The van der Waals surface area contributed by atoms with E-state index in [9.17, 15) is 19.5 Å². The Bertz CT molecular complexity index is 906.